The first-order valence-corrected chi connectivity index (χ1v) is 8.12. The molecule has 15 heteroatoms. The number of nitrogens with one attached hydrogen (secondary N) is 2. The van der Waals surface area contributed by atoms with E-state index >= 15 is 0 Å². The maximum absolute atomic E-state index is 11.9. The van der Waals surface area contributed by atoms with Crippen molar-refractivity contribution in [2.24, 2.45) is 5.73 Å². The van der Waals surface area contributed by atoms with Crippen LogP contribution >= 0.6 is 0 Å². The van der Waals surface area contributed by atoms with Crippen LogP contribution < -0.4 is 15.2 Å². The van der Waals surface area contributed by atoms with Gasteiger partial charge in [-0.3, -0.25) is 9.59 Å². The van der Waals surface area contributed by atoms with Crippen LogP contribution in [0.1, 0.15) is 30.3 Å². The Bertz CT molecular complexity index is 705. The molecule has 14 nitrogen and oxygen atoms in total. The van der Waals surface area contributed by atoms with Crippen molar-refractivity contribution in [1.29, 1.82) is 0 Å². The van der Waals surface area contributed by atoms with Gasteiger partial charge in [-0.05, 0) is 0 Å². The third kappa shape index (κ3) is 6.33. The lowest BCUT2D eigenvalue weighted by Gasteiger charge is -2.16. The van der Waals surface area contributed by atoms with Crippen LogP contribution in [0.15, 0.2) is 4.42 Å². The molecule has 0 aliphatic carbocycles. The van der Waals surface area contributed by atoms with Gasteiger partial charge in [-0.1, -0.05) is 0 Å². The minimum atomic E-state index is -4.56. The Morgan fingerprint density at radius 3 is 2.20 bits per heavy atom. The molecule has 0 amide bonds. The predicted molar refractivity (Wildman–Crippen MR) is 77.0 cm³/mol. The van der Waals surface area contributed by atoms with E-state index in [1.807, 2.05) is 4.72 Å². The lowest BCUT2D eigenvalue weighted by molar-refractivity contribution is -0.140. The van der Waals surface area contributed by atoms with Gasteiger partial charge in [0.05, 0.1) is 19.6 Å². The molecule has 3 atom stereocenters. The maximum Gasteiger partial charge on any atom is 0.324 e. The molecule has 0 fully saturated rings. The van der Waals surface area contributed by atoms with Gasteiger partial charge in [0.25, 0.3) is 10.2 Å². The minimum absolute atomic E-state index is 0.251. The summed E-state index contributed by atoms with van der Waals surface area (Å²) < 4.78 is 32.3. The van der Waals surface area contributed by atoms with Gasteiger partial charge in [0.2, 0.25) is 11.8 Å². The van der Waals surface area contributed by atoms with Crippen LogP contribution in [0.2, 0.25) is 0 Å². The zero-order valence-electron chi connectivity index (χ0n) is 12.6. The number of hydrogen-bond acceptors (Lipinski definition) is 10. The van der Waals surface area contributed by atoms with Crippen molar-refractivity contribution in [3.8, 4) is 0 Å². The average molecular weight is 383 g/mol. The third-order valence-electron chi connectivity index (χ3n) is 2.72. The molecule has 0 radical (unpaired) electrons. The predicted octanol–water partition coefficient (Wildman–Crippen LogP) is -3.55. The summed E-state index contributed by atoms with van der Waals surface area (Å²) in [5.74, 6) is -3.77. The van der Waals surface area contributed by atoms with Crippen LogP contribution in [-0.2, 0) is 19.8 Å². The number of carboxylic acids is 2. The fourth-order valence-electron chi connectivity index (χ4n) is 1.54. The van der Waals surface area contributed by atoms with Gasteiger partial charge in [0.15, 0.2) is 0 Å². The highest BCUT2D eigenvalue weighted by Gasteiger charge is 2.30. The first-order chi connectivity index (χ1) is 11.6. The molecule has 0 bridgehead atoms. The minimum Gasteiger partial charge on any atom is -0.481 e. The zero-order valence-corrected chi connectivity index (χ0v) is 13.4. The van der Waals surface area contributed by atoms with E-state index in [-0.39, 0.29) is 5.89 Å². The number of carbonyl (C=O) groups is 2. The molecule has 0 unspecified atom stereocenters. The number of aliphatic hydroxyl groups is 2. The quantitative estimate of drug-likeness (QED) is 0.196. The molecule has 8 N–H and O–H groups in total. The summed E-state index contributed by atoms with van der Waals surface area (Å²) in [6.45, 7) is -1.58. The van der Waals surface area contributed by atoms with Crippen LogP contribution in [0.3, 0.4) is 0 Å². The number of nitrogens with two attached hydrogens (primary N) is 1. The second kappa shape index (κ2) is 8.79. The van der Waals surface area contributed by atoms with E-state index in [0.717, 1.165) is 0 Å². The molecule has 0 aliphatic rings. The highest BCUT2D eigenvalue weighted by Crippen LogP contribution is 2.18. The van der Waals surface area contributed by atoms with Gasteiger partial charge in [-0.15, -0.1) is 10.2 Å². The van der Waals surface area contributed by atoms with E-state index in [2.05, 4.69) is 10.2 Å². The van der Waals surface area contributed by atoms with Crippen molar-refractivity contribution in [3.63, 3.8) is 0 Å². The molecule has 0 aromatic carbocycles. The molecule has 142 valence electrons. The number of nitrogens with zero attached hydrogens (tertiary/aromatic N) is 2. The molecule has 0 spiro atoms. The Morgan fingerprint density at radius 2 is 1.72 bits per heavy atom. The largest absolute Gasteiger partial charge is 0.481 e. The van der Waals surface area contributed by atoms with E-state index in [1.165, 1.54) is 0 Å². The highest BCUT2D eigenvalue weighted by molar-refractivity contribution is 7.87. The topological polar surface area (TPSA) is 238 Å². The van der Waals surface area contributed by atoms with Gasteiger partial charge in [-0.2, -0.15) is 17.9 Å². The normalized spacial score (nSPS) is 15.5. The SMILES string of the molecule is N[C@@H](CO)c1nnc([C@H](CC(=O)O)NS(=O)(=O)N[C@@H](CO)C(=O)O)o1. The van der Waals surface area contributed by atoms with E-state index in [0.29, 0.717) is 0 Å². The van der Waals surface area contributed by atoms with Crippen LogP contribution in [0.5, 0.6) is 0 Å². The molecule has 1 aromatic rings. The van der Waals surface area contributed by atoms with Crippen LogP contribution in [0.25, 0.3) is 0 Å². The highest BCUT2D eigenvalue weighted by atomic mass is 32.2. The van der Waals surface area contributed by atoms with Gasteiger partial charge in [0.1, 0.15) is 18.1 Å². The summed E-state index contributed by atoms with van der Waals surface area (Å²) in [5.41, 5.74) is 5.45. The lowest BCUT2D eigenvalue weighted by atomic mass is 10.2. The standard InChI is InChI=1S/C10H17N5O9S/c11-4(2-16)8-12-13-9(24-8)5(1-7(18)19)14-25(22,23)15-6(3-17)10(20)21/h4-6,14-17H,1-3,11H2,(H,18,19)(H,20,21)/t4-,5-,6-/m0/s1. The van der Waals surface area contributed by atoms with Crippen molar-refractivity contribution >= 4 is 22.1 Å². The number of carboxylic acid groups (broad SMARTS) is 2. The summed E-state index contributed by atoms with van der Waals surface area (Å²) >= 11 is 0. The van der Waals surface area contributed by atoms with Crippen molar-refractivity contribution in [2.45, 2.75) is 24.5 Å². The van der Waals surface area contributed by atoms with Crippen LogP contribution in [0.4, 0.5) is 0 Å². The summed E-state index contributed by atoms with van der Waals surface area (Å²) in [7, 11) is -4.56. The summed E-state index contributed by atoms with van der Waals surface area (Å²) in [6, 6.07) is -4.44. The van der Waals surface area contributed by atoms with Crippen LogP contribution in [-0.4, -0.2) is 70.2 Å². The van der Waals surface area contributed by atoms with Crippen molar-refractivity contribution < 1.29 is 42.9 Å². The second-order valence-electron chi connectivity index (χ2n) is 4.73. The molecule has 1 rings (SSSR count). The third-order valence-corrected chi connectivity index (χ3v) is 3.91. The Kier molecular flexibility index (Phi) is 7.34. The molecule has 1 aromatic heterocycles. The Hall–Kier alpha value is -2.17. The molecule has 25 heavy (non-hydrogen) atoms. The lowest BCUT2D eigenvalue weighted by Crippen LogP contribution is -2.49. The second-order valence-corrected chi connectivity index (χ2v) is 6.21. The molecule has 1 heterocycles. The number of aliphatic hydroxyl groups excluding tert-OH is 2. The monoisotopic (exact) mass is 383 g/mol. The van der Waals surface area contributed by atoms with Crippen molar-refractivity contribution in [3.05, 3.63) is 11.8 Å². The molecule has 0 saturated heterocycles. The van der Waals surface area contributed by atoms with Gasteiger partial charge in [0, 0.05) is 0 Å². The summed E-state index contributed by atoms with van der Waals surface area (Å²) in [5, 5.41) is 42.3. The zero-order chi connectivity index (χ0) is 19.2. The molecular weight excluding hydrogens is 366 g/mol. The van der Waals surface area contributed by atoms with Crippen LogP contribution in [0, 0.1) is 0 Å². The molecular formula is C10H17N5O9S. The number of hydrogen-bond donors (Lipinski definition) is 7. The average Bonchev–Trinajstić information content (AvgIpc) is 3.00. The molecule has 0 aliphatic heterocycles. The van der Waals surface area contributed by atoms with Gasteiger partial charge < -0.3 is 30.6 Å². The number of aromatic nitrogens is 2. The number of rotatable bonds is 11. The maximum atomic E-state index is 11.9. The molecule has 0 saturated carbocycles. The van der Waals surface area contributed by atoms with Crippen molar-refractivity contribution in [1.82, 2.24) is 19.6 Å². The number of aliphatic carboxylic acids is 2. The van der Waals surface area contributed by atoms with E-state index in [9.17, 15) is 18.0 Å². The fraction of sp³-hybridized carbons (Fsp3) is 0.600. The van der Waals surface area contributed by atoms with E-state index in [1.54, 1.807) is 4.72 Å². The van der Waals surface area contributed by atoms with Crippen molar-refractivity contribution in [2.75, 3.05) is 13.2 Å². The van der Waals surface area contributed by atoms with Gasteiger partial charge in [-0.25, -0.2) is 0 Å². The fourth-order valence-corrected chi connectivity index (χ4v) is 2.72. The smallest absolute Gasteiger partial charge is 0.324 e. The van der Waals surface area contributed by atoms with E-state index in [4.69, 9.17) is 30.6 Å². The Labute approximate surface area is 140 Å². The Balaban J connectivity index is 3.01. The van der Waals surface area contributed by atoms with E-state index < -0.39 is 65.8 Å². The first kappa shape index (κ1) is 20.9. The van der Waals surface area contributed by atoms with Gasteiger partial charge >= 0.3 is 11.9 Å². The summed E-state index contributed by atoms with van der Waals surface area (Å²) in [6.07, 6.45) is -0.812. The first-order valence-electron chi connectivity index (χ1n) is 6.64. The summed E-state index contributed by atoms with van der Waals surface area (Å²) in [4.78, 5) is 21.7. The Morgan fingerprint density at radius 1 is 1.12 bits per heavy atom.